The number of aromatic nitrogens is 1. The Balaban J connectivity index is 3.08. The van der Waals surface area contributed by atoms with Crippen LogP contribution >= 0.6 is 0 Å². The highest BCUT2D eigenvalue weighted by molar-refractivity contribution is 5.72. The van der Waals surface area contributed by atoms with Crippen LogP contribution in [-0.2, 0) is 16.0 Å². The number of alkyl halides is 2. The summed E-state index contributed by atoms with van der Waals surface area (Å²) in [6, 6.07) is 0.246. The molecule has 0 fully saturated rings. The van der Waals surface area contributed by atoms with Crippen molar-refractivity contribution < 1.29 is 27.1 Å². The van der Waals surface area contributed by atoms with E-state index in [1.165, 1.54) is 6.92 Å². The average molecular weight is 251 g/mol. The highest BCUT2D eigenvalue weighted by atomic mass is 19.3. The fraction of sp³-hybridized carbons (Fsp3) is 0.400. The third-order valence-electron chi connectivity index (χ3n) is 1.89. The maximum Gasteiger partial charge on any atom is 0.311 e. The second kappa shape index (κ2) is 5.60. The van der Waals surface area contributed by atoms with Gasteiger partial charge in [-0.3, -0.25) is 4.79 Å². The van der Waals surface area contributed by atoms with Crippen molar-refractivity contribution in [1.82, 2.24) is 4.98 Å². The number of carbonyl (C=O) groups excluding carboxylic acids is 1. The second-order valence-corrected chi connectivity index (χ2v) is 3.07. The number of halogens is 4. The Morgan fingerprint density at radius 3 is 2.65 bits per heavy atom. The first-order valence-corrected chi connectivity index (χ1v) is 4.74. The van der Waals surface area contributed by atoms with Gasteiger partial charge >= 0.3 is 5.97 Å². The number of nitrogens with zero attached hydrogens (tertiary/aromatic N) is 1. The van der Waals surface area contributed by atoms with Gasteiger partial charge < -0.3 is 4.74 Å². The molecule has 94 valence electrons. The summed E-state index contributed by atoms with van der Waals surface area (Å²) in [7, 11) is 0. The molecule has 0 aliphatic rings. The predicted molar refractivity (Wildman–Crippen MR) is 49.4 cm³/mol. The van der Waals surface area contributed by atoms with Crippen molar-refractivity contribution in [2.24, 2.45) is 0 Å². The molecular formula is C10H9F4NO2. The smallest absolute Gasteiger partial charge is 0.311 e. The molecule has 7 heteroatoms. The lowest BCUT2D eigenvalue weighted by Gasteiger charge is -2.08. The number of carbonyl (C=O) groups is 1. The van der Waals surface area contributed by atoms with Gasteiger partial charge in [-0.2, -0.15) is 4.39 Å². The Labute approximate surface area is 94.4 Å². The normalized spacial score (nSPS) is 10.7. The molecule has 0 unspecified atom stereocenters. The first-order chi connectivity index (χ1) is 7.95. The van der Waals surface area contributed by atoms with Crippen LogP contribution in [0.3, 0.4) is 0 Å². The van der Waals surface area contributed by atoms with Gasteiger partial charge in [0.15, 0.2) is 0 Å². The Kier molecular flexibility index (Phi) is 4.42. The molecule has 0 N–H and O–H groups in total. The molecule has 0 bridgehead atoms. The van der Waals surface area contributed by atoms with Gasteiger partial charge in [0.1, 0.15) is 5.82 Å². The summed E-state index contributed by atoms with van der Waals surface area (Å²) < 4.78 is 55.3. The minimum absolute atomic E-state index is 0.0423. The predicted octanol–water partition coefficient (Wildman–Crippen LogP) is 2.40. The summed E-state index contributed by atoms with van der Waals surface area (Å²) in [4.78, 5) is 14.1. The molecular weight excluding hydrogens is 242 g/mol. The third-order valence-corrected chi connectivity index (χ3v) is 1.89. The lowest BCUT2D eigenvalue weighted by Crippen LogP contribution is -2.13. The lowest BCUT2D eigenvalue weighted by molar-refractivity contribution is -0.142. The first kappa shape index (κ1) is 13.4. The molecule has 0 spiro atoms. The summed E-state index contributed by atoms with van der Waals surface area (Å²) in [6.45, 7) is 1.56. The summed E-state index contributed by atoms with van der Waals surface area (Å²) in [5, 5.41) is 0. The van der Waals surface area contributed by atoms with E-state index in [0.717, 1.165) is 0 Å². The fourth-order valence-electron chi connectivity index (χ4n) is 1.26. The molecule has 0 amide bonds. The minimum Gasteiger partial charge on any atom is -0.466 e. The van der Waals surface area contributed by atoms with Gasteiger partial charge in [-0.1, -0.05) is 0 Å². The molecule has 1 aromatic rings. The summed E-state index contributed by atoms with van der Waals surface area (Å²) >= 11 is 0. The summed E-state index contributed by atoms with van der Waals surface area (Å²) in [5.41, 5.74) is -1.71. The van der Waals surface area contributed by atoms with E-state index in [1.807, 2.05) is 0 Å². The van der Waals surface area contributed by atoms with E-state index in [2.05, 4.69) is 9.72 Å². The largest absolute Gasteiger partial charge is 0.466 e. The number of esters is 1. The molecule has 0 aromatic carbocycles. The van der Waals surface area contributed by atoms with Gasteiger partial charge in [0.25, 0.3) is 6.43 Å². The number of hydrogen-bond acceptors (Lipinski definition) is 3. The first-order valence-electron chi connectivity index (χ1n) is 4.74. The molecule has 1 rings (SSSR count). The summed E-state index contributed by atoms with van der Waals surface area (Å²) in [5.74, 6) is -3.55. The standard InChI is InChI=1S/C10H9F4NO2/c1-2-17-8(16)4-6-9(10(13)14)5(11)3-7(12)15-6/h3,10H,2,4H2,1H3. The van der Waals surface area contributed by atoms with Crippen LogP contribution < -0.4 is 0 Å². The van der Waals surface area contributed by atoms with E-state index >= 15 is 0 Å². The Morgan fingerprint density at radius 2 is 2.12 bits per heavy atom. The monoisotopic (exact) mass is 251 g/mol. The zero-order valence-electron chi connectivity index (χ0n) is 8.84. The Morgan fingerprint density at radius 1 is 1.47 bits per heavy atom. The van der Waals surface area contributed by atoms with Crippen LogP contribution in [0.5, 0.6) is 0 Å². The van der Waals surface area contributed by atoms with Crippen LogP contribution in [0.25, 0.3) is 0 Å². The van der Waals surface area contributed by atoms with Crippen LogP contribution in [0.4, 0.5) is 17.6 Å². The quantitative estimate of drug-likeness (QED) is 0.468. The van der Waals surface area contributed by atoms with E-state index < -0.39 is 41.8 Å². The molecule has 17 heavy (non-hydrogen) atoms. The van der Waals surface area contributed by atoms with E-state index in [1.54, 1.807) is 0 Å². The summed E-state index contributed by atoms with van der Waals surface area (Å²) in [6.07, 6.45) is -3.87. The third kappa shape index (κ3) is 3.40. The van der Waals surface area contributed by atoms with Crippen molar-refractivity contribution in [1.29, 1.82) is 0 Å². The Hall–Kier alpha value is -1.66. The molecule has 1 heterocycles. The van der Waals surface area contributed by atoms with Gasteiger partial charge in [-0.25, -0.2) is 18.2 Å². The molecule has 0 atom stereocenters. The van der Waals surface area contributed by atoms with E-state index in [9.17, 15) is 22.4 Å². The van der Waals surface area contributed by atoms with Gasteiger partial charge in [0.05, 0.1) is 24.3 Å². The van der Waals surface area contributed by atoms with Gasteiger partial charge in [-0.05, 0) is 6.92 Å². The van der Waals surface area contributed by atoms with Crippen LogP contribution in [-0.4, -0.2) is 17.6 Å². The maximum atomic E-state index is 13.1. The van der Waals surface area contributed by atoms with Gasteiger partial charge in [-0.15, -0.1) is 0 Å². The van der Waals surface area contributed by atoms with Gasteiger partial charge in [0.2, 0.25) is 5.95 Å². The molecule has 0 aliphatic carbocycles. The molecule has 0 radical (unpaired) electrons. The molecule has 0 saturated heterocycles. The zero-order chi connectivity index (χ0) is 13.0. The van der Waals surface area contributed by atoms with Crippen LogP contribution in [0.15, 0.2) is 6.07 Å². The molecule has 0 aliphatic heterocycles. The van der Waals surface area contributed by atoms with Crippen molar-refractivity contribution in [2.75, 3.05) is 6.61 Å². The molecule has 0 saturated carbocycles. The van der Waals surface area contributed by atoms with Gasteiger partial charge in [0, 0.05) is 6.07 Å². The van der Waals surface area contributed by atoms with Crippen molar-refractivity contribution >= 4 is 5.97 Å². The topological polar surface area (TPSA) is 39.2 Å². The second-order valence-electron chi connectivity index (χ2n) is 3.07. The highest BCUT2D eigenvalue weighted by Crippen LogP contribution is 2.25. The maximum absolute atomic E-state index is 13.1. The average Bonchev–Trinajstić information content (AvgIpc) is 2.15. The highest BCUT2D eigenvalue weighted by Gasteiger charge is 2.23. The van der Waals surface area contributed by atoms with E-state index in [0.29, 0.717) is 0 Å². The molecule has 1 aromatic heterocycles. The van der Waals surface area contributed by atoms with Crippen LogP contribution in [0.1, 0.15) is 24.6 Å². The number of ether oxygens (including phenoxy) is 1. The number of hydrogen-bond donors (Lipinski definition) is 0. The van der Waals surface area contributed by atoms with Crippen LogP contribution in [0, 0.1) is 11.8 Å². The number of pyridine rings is 1. The Bertz CT molecular complexity index is 423. The van der Waals surface area contributed by atoms with Crippen LogP contribution in [0.2, 0.25) is 0 Å². The minimum atomic E-state index is -3.17. The van der Waals surface area contributed by atoms with Crippen molar-refractivity contribution in [3.63, 3.8) is 0 Å². The van der Waals surface area contributed by atoms with Crippen molar-refractivity contribution in [3.8, 4) is 0 Å². The van der Waals surface area contributed by atoms with E-state index in [4.69, 9.17) is 0 Å². The number of rotatable bonds is 4. The SMILES string of the molecule is CCOC(=O)Cc1nc(F)cc(F)c1C(F)F. The zero-order valence-corrected chi connectivity index (χ0v) is 8.84. The lowest BCUT2D eigenvalue weighted by atomic mass is 10.1. The fourth-order valence-corrected chi connectivity index (χ4v) is 1.26. The molecule has 3 nitrogen and oxygen atoms in total. The van der Waals surface area contributed by atoms with Crippen molar-refractivity contribution in [2.45, 2.75) is 19.8 Å². The van der Waals surface area contributed by atoms with Crippen molar-refractivity contribution in [3.05, 3.63) is 29.1 Å². The van der Waals surface area contributed by atoms with E-state index in [-0.39, 0.29) is 12.7 Å².